The van der Waals surface area contributed by atoms with Gasteiger partial charge in [-0.25, -0.2) is 4.21 Å². The van der Waals surface area contributed by atoms with Gasteiger partial charge in [-0.05, 0) is 42.3 Å². The molecule has 33 heavy (non-hydrogen) atoms. The van der Waals surface area contributed by atoms with Crippen LogP contribution < -0.4 is 14.2 Å². The maximum absolute atomic E-state index is 12.9. The van der Waals surface area contributed by atoms with Gasteiger partial charge >= 0.3 is 6.18 Å². The molecule has 0 bridgehead atoms. The molecule has 2 aromatic carbocycles. The zero-order chi connectivity index (χ0) is 23.8. The number of nitrogens with zero attached hydrogens (tertiary/aromatic N) is 2. The van der Waals surface area contributed by atoms with E-state index in [0.717, 1.165) is 12.1 Å². The Bertz CT molecular complexity index is 1110. The Labute approximate surface area is 190 Å². The van der Waals surface area contributed by atoms with E-state index in [1.54, 1.807) is 36.4 Å². The van der Waals surface area contributed by atoms with Crippen molar-refractivity contribution in [3.05, 3.63) is 65.7 Å². The van der Waals surface area contributed by atoms with Gasteiger partial charge in [-0.1, -0.05) is 24.3 Å². The molecular formula is C22H21F4N3O3S. The SMILES string of the molecule is COc1nnc(-c2cccc(OCc3cccc(C(F)(F)F)c3)c2)cc1NS(=O)CCCF. The number of hydrogen-bond acceptors (Lipinski definition) is 5. The number of methoxy groups -OCH3 is 1. The first-order valence-corrected chi connectivity index (χ1v) is 11.1. The van der Waals surface area contributed by atoms with E-state index in [9.17, 15) is 21.8 Å². The average Bonchev–Trinajstić information content (AvgIpc) is 2.81. The van der Waals surface area contributed by atoms with Crippen molar-refractivity contribution in [2.45, 2.75) is 19.2 Å². The van der Waals surface area contributed by atoms with Crippen molar-refractivity contribution in [2.75, 3.05) is 24.3 Å². The molecule has 0 spiro atoms. The summed E-state index contributed by atoms with van der Waals surface area (Å²) >= 11 is 0. The molecule has 0 aliphatic rings. The van der Waals surface area contributed by atoms with Crippen molar-refractivity contribution < 1.29 is 31.2 Å². The first kappa shape index (κ1) is 24.4. The van der Waals surface area contributed by atoms with E-state index >= 15 is 0 Å². The lowest BCUT2D eigenvalue weighted by atomic mass is 10.1. The van der Waals surface area contributed by atoms with Gasteiger partial charge in [0.2, 0.25) is 0 Å². The van der Waals surface area contributed by atoms with Gasteiger partial charge in [0, 0.05) is 11.3 Å². The van der Waals surface area contributed by atoms with Gasteiger partial charge in [0.15, 0.2) is 0 Å². The van der Waals surface area contributed by atoms with Crippen LogP contribution in [0.4, 0.5) is 23.2 Å². The molecule has 1 aromatic heterocycles. The topological polar surface area (TPSA) is 73.3 Å². The predicted molar refractivity (Wildman–Crippen MR) is 117 cm³/mol. The fourth-order valence-electron chi connectivity index (χ4n) is 2.85. The van der Waals surface area contributed by atoms with Crippen molar-refractivity contribution in [3.8, 4) is 22.9 Å². The van der Waals surface area contributed by atoms with E-state index in [-0.39, 0.29) is 24.7 Å². The van der Waals surface area contributed by atoms with Gasteiger partial charge in [-0.3, -0.25) is 4.39 Å². The molecule has 11 heteroatoms. The minimum atomic E-state index is -4.43. The quantitative estimate of drug-likeness (QED) is 0.402. The monoisotopic (exact) mass is 483 g/mol. The summed E-state index contributed by atoms with van der Waals surface area (Å²) in [5.41, 5.74) is 1.00. The molecule has 176 valence electrons. The lowest BCUT2D eigenvalue weighted by Gasteiger charge is -2.12. The van der Waals surface area contributed by atoms with Gasteiger partial charge in [0.25, 0.3) is 5.88 Å². The first-order valence-electron chi connectivity index (χ1n) is 9.82. The zero-order valence-electron chi connectivity index (χ0n) is 17.6. The largest absolute Gasteiger partial charge is 0.489 e. The smallest absolute Gasteiger partial charge is 0.416 e. The third kappa shape index (κ3) is 6.88. The molecule has 0 fully saturated rings. The average molecular weight is 483 g/mol. The second-order valence-corrected chi connectivity index (χ2v) is 8.16. The minimum Gasteiger partial charge on any atom is -0.489 e. The van der Waals surface area contributed by atoms with Crippen LogP contribution in [-0.4, -0.2) is 33.9 Å². The van der Waals surface area contributed by atoms with Gasteiger partial charge in [0.1, 0.15) is 29.0 Å². The van der Waals surface area contributed by atoms with Crippen molar-refractivity contribution in [1.82, 2.24) is 10.2 Å². The van der Waals surface area contributed by atoms with E-state index in [2.05, 4.69) is 14.9 Å². The molecule has 1 atom stereocenters. The molecule has 0 saturated heterocycles. The number of ether oxygens (including phenoxy) is 2. The normalized spacial score (nSPS) is 12.3. The van der Waals surface area contributed by atoms with E-state index < -0.39 is 29.4 Å². The number of rotatable bonds is 10. The van der Waals surface area contributed by atoms with Crippen LogP contribution in [0.3, 0.4) is 0 Å². The zero-order valence-corrected chi connectivity index (χ0v) is 18.4. The van der Waals surface area contributed by atoms with Crippen LogP contribution in [0, 0.1) is 0 Å². The molecule has 1 N–H and O–H groups in total. The number of halogens is 4. The van der Waals surface area contributed by atoms with E-state index in [0.29, 0.717) is 28.3 Å². The third-order valence-electron chi connectivity index (χ3n) is 4.43. The molecular weight excluding hydrogens is 462 g/mol. The fraction of sp³-hybridized carbons (Fsp3) is 0.273. The Balaban J connectivity index is 1.76. The predicted octanol–water partition coefficient (Wildman–Crippen LogP) is 5.19. The van der Waals surface area contributed by atoms with Crippen LogP contribution in [0.2, 0.25) is 0 Å². The number of anilines is 1. The highest BCUT2D eigenvalue weighted by atomic mass is 32.2. The standard InChI is InChI=1S/C22H21F4N3O3S/c1-31-21-20(29-33(30)10-4-9-23)13-19(27-28-21)16-6-3-8-18(12-16)32-14-15-5-2-7-17(11-15)22(24,25)26/h2-3,5-8,11-13H,4,9-10,14H2,1H3,(H,27,29). The van der Waals surface area contributed by atoms with Crippen LogP contribution in [0.25, 0.3) is 11.3 Å². The summed E-state index contributed by atoms with van der Waals surface area (Å²) in [5.74, 6) is 0.670. The number of aromatic nitrogens is 2. The van der Waals surface area contributed by atoms with Crippen LogP contribution in [-0.2, 0) is 23.8 Å². The van der Waals surface area contributed by atoms with E-state index in [1.807, 2.05) is 0 Å². The minimum absolute atomic E-state index is 0.0535. The Morgan fingerprint density at radius 3 is 2.58 bits per heavy atom. The van der Waals surface area contributed by atoms with Gasteiger partial charge in [0.05, 0.1) is 25.0 Å². The molecule has 0 amide bonds. The van der Waals surface area contributed by atoms with Gasteiger partial charge in [-0.2, -0.15) is 13.2 Å². The Morgan fingerprint density at radius 2 is 1.85 bits per heavy atom. The molecule has 1 heterocycles. The van der Waals surface area contributed by atoms with Crippen LogP contribution >= 0.6 is 0 Å². The summed E-state index contributed by atoms with van der Waals surface area (Å²) < 4.78 is 76.6. The number of nitrogens with one attached hydrogen (secondary N) is 1. The maximum atomic E-state index is 12.9. The summed E-state index contributed by atoms with van der Waals surface area (Å²) in [4.78, 5) is 0. The highest BCUT2D eigenvalue weighted by Crippen LogP contribution is 2.31. The summed E-state index contributed by atoms with van der Waals surface area (Å²) in [5, 5.41) is 8.07. The summed E-state index contributed by atoms with van der Waals surface area (Å²) in [6.07, 6.45) is -4.27. The molecule has 0 aliphatic heterocycles. The lowest BCUT2D eigenvalue weighted by Crippen LogP contribution is -2.11. The molecule has 6 nitrogen and oxygen atoms in total. The Kier molecular flexibility index (Phi) is 8.21. The number of benzene rings is 2. The Morgan fingerprint density at radius 1 is 1.06 bits per heavy atom. The van der Waals surface area contributed by atoms with E-state index in [4.69, 9.17) is 9.47 Å². The van der Waals surface area contributed by atoms with Crippen molar-refractivity contribution in [2.24, 2.45) is 0 Å². The van der Waals surface area contributed by atoms with Crippen molar-refractivity contribution in [3.63, 3.8) is 0 Å². The summed E-state index contributed by atoms with van der Waals surface area (Å²) in [7, 11) is -0.137. The number of alkyl halides is 4. The third-order valence-corrected chi connectivity index (χ3v) is 5.54. The van der Waals surface area contributed by atoms with Crippen molar-refractivity contribution >= 4 is 16.7 Å². The summed E-state index contributed by atoms with van der Waals surface area (Å²) in [6.45, 7) is -0.625. The maximum Gasteiger partial charge on any atom is 0.416 e. The highest BCUT2D eigenvalue weighted by Gasteiger charge is 2.30. The molecule has 0 saturated carbocycles. The highest BCUT2D eigenvalue weighted by molar-refractivity contribution is 7.86. The molecule has 0 aliphatic carbocycles. The van der Waals surface area contributed by atoms with Crippen LogP contribution in [0.5, 0.6) is 11.6 Å². The lowest BCUT2D eigenvalue weighted by molar-refractivity contribution is -0.137. The number of hydrogen-bond donors (Lipinski definition) is 1. The molecule has 0 radical (unpaired) electrons. The van der Waals surface area contributed by atoms with Crippen molar-refractivity contribution in [1.29, 1.82) is 0 Å². The molecule has 3 rings (SSSR count). The van der Waals surface area contributed by atoms with Gasteiger partial charge in [-0.15, -0.1) is 10.2 Å². The first-order chi connectivity index (χ1) is 15.8. The van der Waals surface area contributed by atoms with Gasteiger partial charge < -0.3 is 14.2 Å². The Hall–Kier alpha value is -3.21. The summed E-state index contributed by atoms with van der Waals surface area (Å²) in [6, 6.07) is 13.3. The van der Waals surface area contributed by atoms with E-state index in [1.165, 1.54) is 13.2 Å². The second kappa shape index (κ2) is 11.1. The second-order valence-electron chi connectivity index (χ2n) is 6.86. The van der Waals surface area contributed by atoms with Crippen LogP contribution in [0.15, 0.2) is 54.6 Å². The fourth-order valence-corrected chi connectivity index (χ4v) is 3.72. The molecule has 1 unspecified atom stereocenters. The van der Waals surface area contributed by atoms with Crippen LogP contribution in [0.1, 0.15) is 17.5 Å². The molecule has 3 aromatic rings.